The van der Waals surface area contributed by atoms with Gasteiger partial charge in [-0.15, -0.1) is 0 Å². The zero-order valence-corrected chi connectivity index (χ0v) is 17.2. The molecule has 3 heterocycles. The summed E-state index contributed by atoms with van der Waals surface area (Å²) < 4.78 is 5.23. The number of fused-ring (bicyclic) bond motifs is 1. The second-order valence-corrected chi connectivity index (χ2v) is 8.60. The molecule has 1 aromatic carbocycles. The number of benzene rings is 1. The molecule has 0 saturated carbocycles. The van der Waals surface area contributed by atoms with Crippen LogP contribution in [0.25, 0.3) is 0 Å². The largest absolute Gasteiger partial charge is 0.459 e. The lowest BCUT2D eigenvalue weighted by atomic mass is 9.94. The SMILES string of the molecule is CC(C)(CNC(=O)C1CCCN1C(=O)c1ccco1)N1CCc2ccccc2C1. The number of carbonyl (C=O) groups excluding carboxylic acids is 2. The molecule has 1 N–H and O–H groups in total. The van der Waals surface area contributed by atoms with E-state index in [0.29, 0.717) is 19.5 Å². The Morgan fingerprint density at radius 3 is 2.69 bits per heavy atom. The number of furan rings is 1. The number of nitrogens with one attached hydrogen (secondary N) is 1. The van der Waals surface area contributed by atoms with Crippen molar-refractivity contribution in [1.29, 1.82) is 0 Å². The Bertz CT molecular complexity index is 875. The van der Waals surface area contributed by atoms with Gasteiger partial charge in [0.25, 0.3) is 5.91 Å². The summed E-state index contributed by atoms with van der Waals surface area (Å²) in [6, 6.07) is 11.5. The highest BCUT2D eigenvalue weighted by atomic mass is 16.3. The monoisotopic (exact) mass is 395 g/mol. The van der Waals surface area contributed by atoms with Gasteiger partial charge in [-0.05, 0) is 56.4 Å². The molecular weight excluding hydrogens is 366 g/mol. The van der Waals surface area contributed by atoms with E-state index in [9.17, 15) is 9.59 Å². The van der Waals surface area contributed by atoms with Crippen molar-refractivity contribution in [2.75, 3.05) is 19.6 Å². The molecule has 6 nitrogen and oxygen atoms in total. The molecule has 1 atom stereocenters. The first-order valence-electron chi connectivity index (χ1n) is 10.4. The third-order valence-electron chi connectivity index (χ3n) is 6.23. The molecule has 0 radical (unpaired) electrons. The van der Waals surface area contributed by atoms with Gasteiger partial charge in [0.1, 0.15) is 6.04 Å². The van der Waals surface area contributed by atoms with E-state index in [1.807, 2.05) is 0 Å². The van der Waals surface area contributed by atoms with Gasteiger partial charge in [-0.25, -0.2) is 0 Å². The average Bonchev–Trinajstić information content (AvgIpc) is 3.43. The van der Waals surface area contributed by atoms with E-state index < -0.39 is 6.04 Å². The summed E-state index contributed by atoms with van der Waals surface area (Å²) in [5.41, 5.74) is 2.61. The fraction of sp³-hybridized carbons (Fsp3) is 0.478. The molecule has 154 valence electrons. The quantitative estimate of drug-likeness (QED) is 0.846. The second kappa shape index (κ2) is 8.03. The summed E-state index contributed by atoms with van der Waals surface area (Å²) >= 11 is 0. The van der Waals surface area contributed by atoms with Gasteiger partial charge in [0.15, 0.2) is 5.76 Å². The first kappa shape index (κ1) is 19.7. The Morgan fingerprint density at radius 2 is 1.93 bits per heavy atom. The van der Waals surface area contributed by atoms with E-state index >= 15 is 0 Å². The van der Waals surface area contributed by atoms with Crippen LogP contribution in [-0.4, -0.2) is 52.8 Å². The first-order valence-corrected chi connectivity index (χ1v) is 10.4. The molecule has 0 bridgehead atoms. The van der Waals surface area contributed by atoms with Crippen molar-refractivity contribution in [2.45, 2.75) is 51.2 Å². The van der Waals surface area contributed by atoms with Crippen LogP contribution in [-0.2, 0) is 17.8 Å². The molecule has 2 aromatic rings. The number of amides is 2. The lowest BCUT2D eigenvalue weighted by Gasteiger charge is -2.42. The minimum Gasteiger partial charge on any atom is -0.459 e. The molecule has 6 heteroatoms. The standard InChI is InChI=1S/C23H29N3O3/c1-23(2,25-13-11-17-7-3-4-8-18(17)15-25)16-24-21(27)19-9-5-12-26(19)22(28)20-10-6-14-29-20/h3-4,6-8,10,14,19H,5,9,11-13,15-16H2,1-2H3,(H,24,27). The van der Waals surface area contributed by atoms with Crippen molar-refractivity contribution in [3.8, 4) is 0 Å². The Kier molecular flexibility index (Phi) is 5.46. The number of hydrogen-bond acceptors (Lipinski definition) is 4. The van der Waals surface area contributed by atoms with Crippen LogP contribution in [0.15, 0.2) is 47.1 Å². The van der Waals surface area contributed by atoms with Crippen molar-refractivity contribution in [1.82, 2.24) is 15.1 Å². The molecule has 4 rings (SSSR count). The van der Waals surface area contributed by atoms with E-state index in [0.717, 1.165) is 25.9 Å². The maximum absolute atomic E-state index is 12.9. The van der Waals surface area contributed by atoms with Crippen LogP contribution in [0.5, 0.6) is 0 Å². The second-order valence-electron chi connectivity index (χ2n) is 8.60. The van der Waals surface area contributed by atoms with Crippen LogP contribution in [0, 0.1) is 0 Å². The number of likely N-dealkylation sites (tertiary alicyclic amines) is 1. The van der Waals surface area contributed by atoms with Gasteiger partial charge in [-0.2, -0.15) is 0 Å². The molecule has 1 saturated heterocycles. The number of nitrogens with zero attached hydrogens (tertiary/aromatic N) is 2. The third-order valence-corrected chi connectivity index (χ3v) is 6.23. The van der Waals surface area contributed by atoms with Crippen LogP contribution in [0.4, 0.5) is 0 Å². The van der Waals surface area contributed by atoms with Crippen LogP contribution in [0.2, 0.25) is 0 Å². The van der Waals surface area contributed by atoms with Gasteiger partial charge in [0.2, 0.25) is 5.91 Å². The third kappa shape index (κ3) is 4.08. The average molecular weight is 396 g/mol. The van der Waals surface area contributed by atoms with Gasteiger partial charge in [0.05, 0.1) is 6.26 Å². The Hall–Kier alpha value is -2.60. The zero-order chi connectivity index (χ0) is 20.4. The van der Waals surface area contributed by atoms with Gasteiger partial charge in [-0.3, -0.25) is 14.5 Å². The molecule has 29 heavy (non-hydrogen) atoms. The normalized spacial score (nSPS) is 19.8. The zero-order valence-electron chi connectivity index (χ0n) is 17.2. The van der Waals surface area contributed by atoms with Gasteiger partial charge in [0, 0.05) is 31.7 Å². The van der Waals surface area contributed by atoms with Crippen molar-refractivity contribution >= 4 is 11.8 Å². The molecule has 2 amide bonds. The minimum atomic E-state index is -0.425. The smallest absolute Gasteiger partial charge is 0.290 e. The van der Waals surface area contributed by atoms with Crippen LogP contribution < -0.4 is 5.32 Å². The fourth-order valence-corrected chi connectivity index (χ4v) is 4.37. The highest BCUT2D eigenvalue weighted by molar-refractivity contribution is 5.96. The first-order chi connectivity index (χ1) is 14.0. The predicted molar refractivity (Wildman–Crippen MR) is 110 cm³/mol. The summed E-state index contributed by atoms with van der Waals surface area (Å²) in [7, 11) is 0. The predicted octanol–water partition coefficient (Wildman–Crippen LogP) is 2.84. The van der Waals surface area contributed by atoms with E-state index in [1.165, 1.54) is 17.4 Å². The Labute approximate surface area is 171 Å². The molecule has 0 aliphatic carbocycles. The lowest BCUT2D eigenvalue weighted by Crippen LogP contribution is -2.55. The van der Waals surface area contributed by atoms with E-state index in [2.05, 4.69) is 48.3 Å². The number of hydrogen-bond donors (Lipinski definition) is 1. The summed E-state index contributed by atoms with van der Waals surface area (Å²) in [4.78, 5) is 29.6. The van der Waals surface area contributed by atoms with Crippen molar-refractivity contribution in [3.63, 3.8) is 0 Å². The molecular formula is C23H29N3O3. The van der Waals surface area contributed by atoms with Crippen molar-refractivity contribution < 1.29 is 14.0 Å². The highest BCUT2D eigenvalue weighted by Crippen LogP contribution is 2.25. The maximum atomic E-state index is 12.9. The van der Waals surface area contributed by atoms with Crippen molar-refractivity contribution in [3.05, 3.63) is 59.5 Å². The van der Waals surface area contributed by atoms with E-state index in [1.54, 1.807) is 17.0 Å². The fourth-order valence-electron chi connectivity index (χ4n) is 4.37. The molecule has 2 aliphatic rings. The van der Waals surface area contributed by atoms with Crippen molar-refractivity contribution in [2.24, 2.45) is 0 Å². The summed E-state index contributed by atoms with van der Waals surface area (Å²) in [5.74, 6) is 0.00412. The van der Waals surface area contributed by atoms with Gasteiger partial charge >= 0.3 is 0 Å². The topological polar surface area (TPSA) is 65.8 Å². The van der Waals surface area contributed by atoms with Crippen LogP contribution in [0.3, 0.4) is 0 Å². The molecule has 1 aromatic heterocycles. The maximum Gasteiger partial charge on any atom is 0.290 e. The Balaban J connectivity index is 1.36. The summed E-state index contributed by atoms with van der Waals surface area (Å²) in [6.45, 7) is 7.35. The van der Waals surface area contributed by atoms with E-state index in [-0.39, 0.29) is 23.1 Å². The van der Waals surface area contributed by atoms with Crippen LogP contribution in [0.1, 0.15) is 48.4 Å². The molecule has 1 unspecified atom stereocenters. The van der Waals surface area contributed by atoms with E-state index in [4.69, 9.17) is 4.42 Å². The highest BCUT2D eigenvalue weighted by Gasteiger charge is 2.37. The molecule has 2 aliphatic heterocycles. The van der Waals surface area contributed by atoms with Gasteiger partial charge in [-0.1, -0.05) is 24.3 Å². The molecule has 0 spiro atoms. The summed E-state index contributed by atoms with van der Waals surface area (Å²) in [5, 5.41) is 3.11. The molecule has 1 fully saturated rings. The number of rotatable bonds is 5. The van der Waals surface area contributed by atoms with Crippen LogP contribution >= 0.6 is 0 Å². The minimum absolute atomic E-state index is 0.0760. The number of carbonyl (C=O) groups is 2. The summed E-state index contributed by atoms with van der Waals surface area (Å²) in [6.07, 6.45) is 4.03. The lowest BCUT2D eigenvalue weighted by molar-refractivity contribution is -0.125. The Morgan fingerprint density at radius 1 is 1.14 bits per heavy atom. The van der Waals surface area contributed by atoms with Gasteiger partial charge < -0.3 is 14.6 Å².